The van der Waals surface area contributed by atoms with E-state index in [1.165, 1.54) is 0 Å². The molecule has 2 heterocycles. The summed E-state index contributed by atoms with van der Waals surface area (Å²) in [5.74, 6) is 1.60. The Morgan fingerprint density at radius 1 is 1.65 bits per heavy atom. The molecule has 17 heavy (non-hydrogen) atoms. The van der Waals surface area contributed by atoms with Crippen LogP contribution in [0.1, 0.15) is 31.4 Å². The van der Waals surface area contributed by atoms with E-state index in [1.807, 2.05) is 25.3 Å². The van der Waals surface area contributed by atoms with Gasteiger partial charge in [-0.1, -0.05) is 6.07 Å². The van der Waals surface area contributed by atoms with Crippen LogP contribution in [0.15, 0.2) is 18.3 Å². The van der Waals surface area contributed by atoms with Crippen LogP contribution in [0, 0.1) is 5.92 Å². The number of anilines is 1. The van der Waals surface area contributed by atoms with Gasteiger partial charge in [-0.25, -0.2) is 4.98 Å². The molecule has 1 aliphatic heterocycles. The average Bonchev–Trinajstić information content (AvgIpc) is 2.78. The largest absolute Gasteiger partial charge is 0.396 e. The van der Waals surface area contributed by atoms with Crippen molar-refractivity contribution < 1.29 is 5.11 Å². The second-order valence-electron chi connectivity index (χ2n) is 4.82. The Labute approximate surface area is 102 Å². The van der Waals surface area contributed by atoms with Crippen LogP contribution in [-0.2, 0) is 0 Å². The van der Waals surface area contributed by atoms with Gasteiger partial charge in [0.1, 0.15) is 5.82 Å². The number of hydrogen-bond donors (Lipinski definition) is 2. The van der Waals surface area contributed by atoms with Gasteiger partial charge in [0.25, 0.3) is 0 Å². The highest BCUT2D eigenvalue weighted by molar-refractivity contribution is 5.49. The highest BCUT2D eigenvalue weighted by Gasteiger charge is 2.25. The van der Waals surface area contributed by atoms with Gasteiger partial charge in [0, 0.05) is 37.5 Å². The molecular formula is C13H21N3O. The first kappa shape index (κ1) is 12.3. The Balaban J connectivity index is 2.13. The fraction of sp³-hybridized carbons (Fsp3) is 0.615. The zero-order valence-electron chi connectivity index (χ0n) is 10.3. The normalized spacial score (nSPS) is 21.8. The third kappa shape index (κ3) is 2.76. The molecule has 4 heteroatoms. The number of aliphatic hydroxyl groups is 1. The van der Waals surface area contributed by atoms with E-state index in [4.69, 9.17) is 10.8 Å². The van der Waals surface area contributed by atoms with Crippen molar-refractivity contribution in [3.63, 3.8) is 0 Å². The summed E-state index contributed by atoms with van der Waals surface area (Å²) in [6.45, 7) is 4.27. The number of nitrogens with two attached hydrogens (primary N) is 1. The van der Waals surface area contributed by atoms with Gasteiger partial charge in [-0.3, -0.25) is 0 Å². The standard InChI is InChI=1S/C13H21N3O/c1-10(14)12-3-2-6-15-13(12)16-7-4-11(9-16)5-8-17/h2-3,6,10-11,17H,4-5,7-9,14H2,1H3/t10-,11?/m1/s1. The molecule has 0 saturated carbocycles. The third-order valence-corrected chi connectivity index (χ3v) is 3.43. The summed E-state index contributed by atoms with van der Waals surface area (Å²) in [7, 11) is 0. The molecule has 1 fully saturated rings. The molecule has 1 unspecified atom stereocenters. The van der Waals surface area contributed by atoms with Crippen molar-refractivity contribution in [2.45, 2.75) is 25.8 Å². The molecule has 0 amide bonds. The topological polar surface area (TPSA) is 62.4 Å². The van der Waals surface area contributed by atoms with Crippen LogP contribution >= 0.6 is 0 Å². The minimum atomic E-state index is 0.00981. The van der Waals surface area contributed by atoms with E-state index in [2.05, 4.69) is 9.88 Å². The SMILES string of the molecule is C[C@@H](N)c1cccnc1N1CCC(CCO)C1. The molecule has 1 aliphatic rings. The summed E-state index contributed by atoms with van der Waals surface area (Å²) in [6.07, 6.45) is 3.84. The first-order valence-electron chi connectivity index (χ1n) is 6.28. The number of nitrogens with zero attached hydrogens (tertiary/aromatic N) is 2. The van der Waals surface area contributed by atoms with E-state index in [0.29, 0.717) is 5.92 Å². The molecule has 0 aromatic carbocycles. The molecule has 0 radical (unpaired) electrons. The Bertz CT molecular complexity index is 367. The lowest BCUT2D eigenvalue weighted by molar-refractivity contribution is 0.263. The maximum Gasteiger partial charge on any atom is 0.133 e. The molecule has 1 aromatic heterocycles. The lowest BCUT2D eigenvalue weighted by atomic mass is 10.1. The first-order valence-corrected chi connectivity index (χ1v) is 6.28. The van der Waals surface area contributed by atoms with Crippen LogP contribution in [0.3, 0.4) is 0 Å². The molecule has 94 valence electrons. The van der Waals surface area contributed by atoms with Crippen molar-refractivity contribution in [1.29, 1.82) is 0 Å². The molecule has 1 aromatic rings. The quantitative estimate of drug-likeness (QED) is 0.826. The molecular weight excluding hydrogens is 214 g/mol. The lowest BCUT2D eigenvalue weighted by Gasteiger charge is -2.22. The molecule has 0 aliphatic carbocycles. The summed E-state index contributed by atoms with van der Waals surface area (Å²) in [5.41, 5.74) is 7.08. The zero-order valence-corrected chi connectivity index (χ0v) is 10.3. The monoisotopic (exact) mass is 235 g/mol. The fourth-order valence-electron chi connectivity index (χ4n) is 2.47. The minimum absolute atomic E-state index is 0.00981. The van der Waals surface area contributed by atoms with E-state index in [9.17, 15) is 0 Å². The van der Waals surface area contributed by atoms with Gasteiger partial charge in [-0.05, 0) is 31.7 Å². The van der Waals surface area contributed by atoms with Gasteiger partial charge in [-0.15, -0.1) is 0 Å². The highest BCUT2D eigenvalue weighted by Crippen LogP contribution is 2.28. The van der Waals surface area contributed by atoms with Crippen LogP contribution in [0.5, 0.6) is 0 Å². The Hall–Kier alpha value is -1.13. The van der Waals surface area contributed by atoms with E-state index in [0.717, 1.165) is 37.3 Å². The maximum absolute atomic E-state index is 8.97. The van der Waals surface area contributed by atoms with Crippen molar-refractivity contribution in [1.82, 2.24) is 4.98 Å². The number of pyridine rings is 1. The van der Waals surface area contributed by atoms with Crippen LogP contribution in [0.25, 0.3) is 0 Å². The summed E-state index contributed by atoms with van der Waals surface area (Å²) in [4.78, 5) is 6.75. The Morgan fingerprint density at radius 3 is 3.18 bits per heavy atom. The van der Waals surface area contributed by atoms with Crippen molar-refractivity contribution in [3.8, 4) is 0 Å². The Morgan fingerprint density at radius 2 is 2.47 bits per heavy atom. The molecule has 4 nitrogen and oxygen atoms in total. The molecule has 3 N–H and O–H groups in total. The van der Waals surface area contributed by atoms with Crippen LogP contribution in [-0.4, -0.2) is 29.8 Å². The first-order chi connectivity index (χ1) is 8.22. The molecule has 0 bridgehead atoms. The smallest absolute Gasteiger partial charge is 0.133 e. The van der Waals surface area contributed by atoms with Gasteiger partial charge in [0.2, 0.25) is 0 Å². The van der Waals surface area contributed by atoms with Gasteiger partial charge < -0.3 is 15.7 Å². The summed E-state index contributed by atoms with van der Waals surface area (Å²) in [6, 6.07) is 3.99. The molecule has 2 rings (SSSR count). The Kier molecular flexibility index (Phi) is 3.97. The summed E-state index contributed by atoms with van der Waals surface area (Å²) in [5, 5.41) is 8.97. The van der Waals surface area contributed by atoms with Crippen LogP contribution < -0.4 is 10.6 Å². The highest BCUT2D eigenvalue weighted by atomic mass is 16.3. The summed E-state index contributed by atoms with van der Waals surface area (Å²) < 4.78 is 0. The second kappa shape index (κ2) is 5.47. The van der Waals surface area contributed by atoms with E-state index in [-0.39, 0.29) is 12.6 Å². The number of aromatic nitrogens is 1. The van der Waals surface area contributed by atoms with Crippen LogP contribution in [0.4, 0.5) is 5.82 Å². The second-order valence-corrected chi connectivity index (χ2v) is 4.82. The predicted octanol–water partition coefficient (Wildman–Crippen LogP) is 1.31. The lowest BCUT2D eigenvalue weighted by Crippen LogP contribution is -2.24. The minimum Gasteiger partial charge on any atom is -0.396 e. The van der Waals surface area contributed by atoms with Crippen molar-refractivity contribution in [2.24, 2.45) is 11.7 Å². The third-order valence-electron chi connectivity index (χ3n) is 3.43. The fourth-order valence-corrected chi connectivity index (χ4v) is 2.47. The maximum atomic E-state index is 8.97. The van der Waals surface area contributed by atoms with Crippen molar-refractivity contribution in [3.05, 3.63) is 23.9 Å². The van der Waals surface area contributed by atoms with E-state index < -0.39 is 0 Å². The van der Waals surface area contributed by atoms with Crippen molar-refractivity contribution in [2.75, 3.05) is 24.6 Å². The average molecular weight is 235 g/mol. The van der Waals surface area contributed by atoms with E-state index >= 15 is 0 Å². The van der Waals surface area contributed by atoms with E-state index in [1.54, 1.807) is 0 Å². The zero-order chi connectivity index (χ0) is 12.3. The predicted molar refractivity (Wildman–Crippen MR) is 68.9 cm³/mol. The molecule has 1 saturated heterocycles. The molecule has 2 atom stereocenters. The van der Waals surface area contributed by atoms with Gasteiger partial charge >= 0.3 is 0 Å². The number of rotatable bonds is 4. The number of aliphatic hydroxyl groups excluding tert-OH is 1. The van der Waals surface area contributed by atoms with Crippen LogP contribution in [0.2, 0.25) is 0 Å². The van der Waals surface area contributed by atoms with Crippen molar-refractivity contribution >= 4 is 5.82 Å². The summed E-state index contributed by atoms with van der Waals surface area (Å²) >= 11 is 0. The van der Waals surface area contributed by atoms with Gasteiger partial charge in [-0.2, -0.15) is 0 Å². The van der Waals surface area contributed by atoms with Gasteiger partial charge in [0.15, 0.2) is 0 Å². The number of hydrogen-bond acceptors (Lipinski definition) is 4. The van der Waals surface area contributed by atoms with Gasteiger partial charge in [0.05, 0.1) is 0 Å². The molecule has 0 spiro atoms.